The van der Waals surface area contributed by atoms with E-state index in [1.165, 1.54) is 0 Å². The van der Waals surface area contributed by atoms with Crippen LogP contribution in [-0.4, -0.2) is 16.0 Å². The van der Waals surface area contributed by atoms with Gasteiger partial charge in [-0.1, -0.05) is 5.11 Å². The molecule has 0 saturated carbocycles. The normalized spacial score (nSPS) is 10.8. The molecule has 2 rings (SSSR count). The maximum atomic E-state index is 13.1. The zero-order chi connectivity index (χ0) is 14.5. The van der Waals surface area contributed by atoms with Crippen molar-refractivity contribution >= 4 is 11.7 Å². The molecule has 0 aliphatic rings. The molecule has 8 heteroatoms. The van der Waals surface area contributed by atoms with Crippen LogP contribution >= 0.6 is 0 Å². The van der Waals surface area contributed by atoms with Crippen LogP contribution in [0, 0.1) is 12.7 Å². The van der Waals surface area contributed by atoms with Gasteiger partial charge in [0.2, 0.25) is 0 Å². The van der Waals surface area contributed by atoms with Gasteiger partial charge in [0, 0.05) is 5.56 Å². The van der Waals surface area contributed by atoms with E-state index in [2.05, 4.69) is 20.2 Å². The summed E-state index contributed by atoms with van der Waals surface area (Å²) in [5, 5.41) is 6.99. The molecule has 0 bridgehead atoms. The Kier molecular flexibility index (Phi) is 4.06. The van der Waals surface area contributed by atoms with Gasteiger partial charge in [-0.2, -0.15) is 0 Å². The molecular weight excluding hydrogens is 263 g/mol. The maximum absolute atomic E-state index is 13.1. The fraction of sp³-hybridized carbons (Fsp3) is 0.0833. The molecule has 0 saturated heterocycles. The number of halogens is 1. The van der Waals surface area contributed by atoms with E-state index in [0.717, 1.165) is 6.20 Å². The summed E-state index contributed by atoms with van der Waals surface area (Å²) < 4.78 is 13.1. The summed E-state index contributed by atoms with van der Waals surface area (Å²) in [5.41, 5.74) is 3.28. The lowest BCUT2D eigenvalue weighted by molar-refractivity contribution is 0.248. The first-order chi connectivity index (χ1) is 9.60. The third-order valence-electron chi connectivity index (χ3n) is 2.42. The summed E-state index contributed by atoms with van der Waals surface area (Å²) in [6.07, 6.45) is 1.12. The number of nitrogens with zero attached hydrogens (tertiary/aromatic N) is 4. The van der Waals surface area contributed by atoms with E-state index in [1.54, 1.807) is 31.2 Å². The number of nitrogens with two attached hydrogens (primary N) is 1. The quantitative estimate of drug-likeness (QED) is 0.379. The second kappa shape index (κ2) is 5.93. The molecule has 2 amide bonds. The van der Waals surface area contributed by atoms with Gasteiger partial charge in [0.15, 0.2) is 11.6 Å². The standard InChI is InChI=1S/C12H11FN6O/c1-7-10(13)6-15-11(16-7)8-2-4-9(5-3-8)18-19-12(20)17-14/h2-6H,14H2,1H3,(H,17,20). The highest BCUT2D eigenvalue weighted by Gasteiger charge is 2.05. The largest absolute Gasteiger partial charge is 0.373 e. The number of rotatable bonds is 2. The molecule has 20 heavy (non-hydrogen) atoms. The second-order valence-corrected chi connectivity index (χ2v) is 3.82. The molecule has 3 N–H and O–H groups in total. The van der Waals surface area contributed by atoms with Crippen molar-refractivity contribution in [2.24, 2.45) is 16.1 Å². The molecule has 0 atom stereocenters. The zero-order valence-electron chi connectivity index (χ0n) is 10.5. The molecule has 0 unspecified atom stereocenters. The molecule has 0 fully saturated rings. The van der Waals surface area contributed by atoms with Crippen molar-refractivity contribution in [2.75, 3.05) is 0 Å². The van der Waals surface area contributed by atoms with E-state index in [1.807, 2.05) is 5.43 Å². The first kappa shape index (κ1) is 13.7. The predicted molar refractivity (Wildman–Crippen MR) is 69.4 cm³/mol. The van der Waals surface area contributed by atoms with Crippen molar-refractivity contribution in [2.45, 2.75) is 6.92 Å². The molecule has 1 heterocycles. The van der Waals surface area contributed by atoms with Crippen molar-refractivity contribution < 1.29 is 9.18 Å². The van der Waals surface area contributed by atoms with Crippen molar-refractivity contribution in [3.63, 3.8) is 0 Å². The molecule has 2 aromatic rings. The van der Waals surface area contributed by atoms with E-state index < -0.39 is 11.8 Å². The minimum absolute atomic E-state index is 0.276. The van der Waals surface area contributed by atoms with Crippen LogP contribution < -0.4 is 11.3 Å². The summed E-state index contributed by atoms with van der Waals surface area (Å²) in [6, 6.07) is 5.91. The Bertz CT molecular complexity index is 655. The summed E-state index contributed by atoms with van der Waals surface area (Å²) >= 11 is 0. The van der Waals surface area contributed by atoms with E-state index in [9.17, 15) is 9.18 Å². The summed E-state index contributed by atoms with van der Waals surface area (Å²) in [7, 11) is 0. The van der Waals surface area contributed by atoms with Crippen LogP contribution in [0.5, 0.6) is 0 Å². The topological polar surface area (TPSA) is 106 Å². The molecule has 1 aromatic carbocycles. The predicted octanol–water partition coefficient (Wildman–Crippen LogP) is 2.26. The van der Waals surface area contributed by atoms with Crippen LogP contribution in [-0.2, 0) is 0 Å². The Morgan fingerprint density at radius 3 is 2.65 bits per heavy atom. The van der Waals surface area contributed by atoms with Gasteiger partial charge in [0.25, 0.3) is 0 Å². The number of urea groups is 1. The van der Waals surface area contributed by atoms with E-state index in [0.29, 0.717) is 17.1 Å². The molecule has 0 aliphatic heterocycles. The molecule has 1 aromatic heterocycles. The third kappa shape index (κ3) is 3.18. The van der Waals surface area contributed by atoms with Gasteiger partial charge in [0.05, 0.1) is 17.6 Å². The lowest BCUT2D eigenvalue weighted by Gasteiger charge is -2.02. The van der Waals surface area contributed by atoms with Crippen LogP contribution in [0.4, 0.5) is 14.9 Å². The Balaban J connectivity index is 2.21. The fourth-order valence-electron chi connectivity index (χ4n) is 1.40. The minimum Gasteiger partial charge on any atom is -0.273 e. The van der Waals surface area contributed by atoms with Gasteiger partial charge >= 0.3 is 6.03 Å². The number of carbonyl (C=O) groups excluding carboxylic acids is 1. The number of nitrogens with one attached hydrogen (secondary N) is 1. The van der Waals surface area contributed by atoms with Gasteiger partial charge < -0.3 is 0 Å². The average molecular weight is 274 g/mol. The molecule has 7 nitrogen and oxygen atoms in total. The number of amides is 2. The fourth-order valence-corrected chi connectivity index (χ4v) is 1.40. The Morgan fingerprint density at radius 1 is 1.35 bits per heavy atom. The molecule has 102 valence electrons. The van der Waals surface area contributed by atoms with Crippen molar-refractivity contribution in [1.82, 2.24) is 15.4 Å². The van der Waals surface area contributed by atoms with Gasteiger partial charge in [-0.25, -0.2) is 25.0 Å². The van der Waals surface area contributed by atoms with Crippen molar-refractivity contribution in [3.05, 3.63) is 42.0 Å². The number of carbonyl (C=O) groups is 1. The van der Waals surface area contributed by atoms with Crippen LogP contribution in [0.2, 0.25) is 0 Å². The third-order valence-corrected chi connectivity index (χ3v) is 2.42. The maximum Gasteiger partial charge on any atom is 0.373 e. The first-order valence-electron chi connectivity index (χ1n) is 5.62. The van der Waals surface area contributed by atoms with Crippen molar-refractivity contribution in [3.8, 4) is 11.4 Å². The van der Waals surface area contributed by atoms with Crippen LogP contribution in [0.15, 0.2) is 40.7 Å². The first-order valence-corrected chi connectivity index (χ1v) is 5.62. The SMILES string of the molecule is Cc1nc(-c2ccc(N=NC(=O)NN)cc2)ncc1F. The molecule has 0 aliphatic carbocycles. The molecule has 0 spiro atoms. The van der Waals surface area contributed by atoms with Gasteiger partial charge in [-0.05, 0) is 31.2 Å². The number of hydrogen-bond donors (Lipinski definition) is 2. The van der Waals surface area contributed by atoms with E-state index in [4.69, 9.17) is 5.84 Å². The Morgan fingerprint density at radius 2 is 2.05 bits per heavy atom. The number of aryl methyl sites for hydroxylation is 1. The number of aromatic nitrogens is 2. The van der Waals surface area contributed by atoms with Crippen LogP contribution in [0.25, 0.3) is 11.4 Å². The van der Waals surface area contributed by atoms with Gasteiger partial charge in [-0.15, -0.1) is 5.11 Å². The van der Waals surface area contributed by atoms with Gasteiger partial charge in [-0.3, -0.25) is 5.43 Å². The van der Waals surface area contributed by atoms with Crippen molar-refractivity contribution in [1.29, 1.82) is 0 Å². The molecular formula is C12H11FN6O. The molecule has 0 radical (unpaired) electrons. The number of benzene rings is 1. The monoisotopic (exact) mass is 274 g/mol. The average Bonchev–Trinajstić information content (AvgIpc) is 2.48. The summed E-state index contributed by atoms with van der Waals surface area (Å²) in [5.74, 6) is 4.82. The van der Waals surface area contributed by atoms with Gasteiger partial charge in [0.1, 0.15) is 0 Å². The number of azo groups is 1. The van der Waals surface area contributed by atoms with Crippen LogP contribution in [0.1, 0.15) is 5.69 Å². The lowest BCUT2D eigenvalue weighted by Crippen LogP contribution is -2.26. The second-order valence-electron chi connectivity index (χ2n) is 3.82. The summed E-state index contributed by atoms with van der Waals surface area (Å²) in [4.78, 5) is 18.7. The number of hydrogen-bond acceptors (Lipinski definition) is 5. The smallest absolute Gasteiger partial charge is 0.273 e. The minimum atomic E-state index is -0.744. The highest BCUT2D eigenvalue weighted by atomic mass is 19.1. The Hall–Kier alpha value is -2.74. The highest BCUT2D eigenvalue weighted by molar-refractivity contribution is 5.73. The van der Waals surface area contributed by atoms with Crippen LogP contribution in [0.3, 0.4) is 0 Å². The summed E-state index contributed by atoms with van der Waals surface area (Å²) in [6.45, 7) is 1.56. The Labute approximate surface area is 113 Å². The lowest BCUT2D eigenvalue weighted by atomic mass is 10.2. The van der Waals surface area contributed by atoms with E-state index in [-0.39, 0.29) is 5.69 Å². The highest BCUT2D eigenvalue weighted by Crippen LogP contribution is 2.20. The number of hydrazine groups is 1. The van der Waals surface area contributed by atoms with E-state index >= 15 is 0 Å². The zero-order valence-corrected chi connectivity index (χ0v) is 10.5.